The van der Waals surface area contributed by atoms with Gasteiger partial charge in [-0.05, 0) is 6.92 Å². The van der Waals surface area contributed by atoms with E-state index in [9.17, 15) is 5.11 Å². The Morgan fingerprint density at radius 1 is 1.81 bits per heavy atom. The molecule has 0 saturated carbocycles. The van der Waals surface area contributed by atoms with E-state index in [2.05, 4.69) is 5.10 Å². The Balaban J connectivity index is 2.18. The average Bonchev–Trinajstić information content (AvgIpc) is 2.70. The lowest BCUT2D eigenvalue weighted by molar-refractivity contribution is -0.0264. The summed E-state index contributed by atoms with van der Waals surface area (Å²) in [5.74, 6) is 1.79. The molecule has 6 heteroatoms. The second-order valence-electron chi connectivity index (χ2n) is 3.62. The first-order valence-electron chi connectivity index (χ1n) is 5.32. The summed E-state index contributed by atoms with van der Waals surface area (Å²) in [5.41, 5.74) is 0.664. The second kappa shape index (κ2) is 5.40. The highest BCUT2D eigenvalue weighted by molar-refractivity contribution is 7.99. The largest absolute Gasteiger partial charge is 0.384 e. The van der Waals surface area contributed by atoms with Crippen LogP contribution < -0.4 is 0 Å². The Kier molecular flexibility index (Phi) is 4.13. The van der Waals surface area contributed by atoms with Crippen LogP contribution in [-0.4, -0.2) is 39.1 Å². The first kappa shape index (κ1) is 12.2. The van der Waals surface area contributed by atoms with Gasteiger partial charge in [0, 0.05) is 18.1 Å². The Hall–Kier alpha value is -0.230. The van der Waals surface area contributed by atoms with Crippen LogP contribution in [0.1, 0.15) is 18.7 Å². The maximum absolute atomic E-state index is 10.2. The minimum atomic E-state index is -0.692. The molecular weight excluding hydrogens is 248 g/mol. The molecule has 1 aromatic heterocycles. The number of ether oxygens (including phenoxy) is 1. The van der Waals surface area contributed by atoms with Crippen molar-refractivity contribution in [2.45, 2.75) is 25.7 Å². The molecule has 0 spiro atoms. The molecule has 0 amide bonds. The number of halogens is 1. The SMILES string of the molecule is CCn1ncc(Cl)c1C(O)C1CSCCO1. The van der Waals surface area contributed by atoms with E-state index in [1.54, 1.807) is 22.6 Å². The Morgan fingerprint density at radius 3 is 3.25 bits per heavy atom. The van der Waals surface area contributed by atoms with E-state index in [0.717, 1.165) is 11.5 Å². The van der Waals surface area contributed by atoms with Crippen molar-refractivity contribution in [1.82, 2.24) is 9.78 Å². The molecule has 1 aliphatic rings. The number of nitrogens with zero attached hydrogens (tertiary/aromatic N) is 2. The van der Waals surface area contributed by atoms with Gasteiger partial charge in [0.25, 0.3) is 0 Å². The smallest absolute Gasteiger partial charge is 0.124 e. The third-order valence-electron chi connectivity index (χ3n) is 2.61. The van der Waals surface area contributed by atoms with Gasteiger partial charge in [0.2, 0.25) is 0 Å². The molecular formula is C10H15ClN2O2S. The van der Waals surface area contributed by atoms with Crippen molar-refractivity contribution in [2.24, 2.45) is 0 Å². The summed E-state index contributed by atoms with van der Waals surface area (Å²) >= 11 is 7.82. The topological polar surface area (TPSA) is 47.3 Å². The standard InChI is InChI=1S/C10H15ClN2O2S/c1-2-13-9(7(11)5-12-13)10(14)8-6-16-4-3-15-8/h5,8,10,14H,2-4,6H2,1H3. The van der Waals surface area contributed by atoms with Gasteiger partial charge in [-0.25, -0.2) is 0 Å². The number of rotatable bonds is 3. The summed E-state index contributed by atoms with van der Waals surface area (Å²) in [4.78, 5) is 0. The van der Waals surface area contributed by atoms with Crippen molar-refractivity contribution in [2.75, 3.05) is 18.1 Å². The quantitative estimate of drug-likeness (QED) is 0.901. The van der Waals surface area contributed by atoms with E-state index in [0.29, 0.717) is 23.9 Å². The van der Waals surface area contributed by atoms with Gasteiger partial charge in [0.05, 0.1) is 29.6 Å². The van der Waals surface area contributed by atoms with Crippen molar-refractivity contribution in [3.8, 4) is 0 Å². The number of thioether (sulfide) groups is 1. The lowest BCUT2D eigenvalue weighted by atomic mass is 10.1. The van der Waals surface area contributed by atoms with Crippen LogP contribution in [0.15, 0.2) is 6.20 Å². The molecule has 2 heterocycles. The zero-order valence-electron chi connectivity index (χ0n) is 9.10. The van der Waals surface area contributed by atoms with Crippen molar-refractivity contribution >= 4 is 23.4 Å². The Labute approximate surface area is 104 Å². The van der Waals surface area contributed by atoms with Gasteiger partial charge in [-0.15, -0.1) is 0 Å². The number of aliphatic hydroxyl groups is 1. The molecule has 1 fully saturated rings. The molecule has 0 aliphatic carbocycles. The number of hydrogen-bond donors (Lipinski definition) is 1. The summed E-state index contributed by atoms with van der Waals surface area (Å²) in [7, 11) is 0. The number of hydrogen-bond acceptors (Lipinski definition) is 4. The zero-order chi connectivity index (χ0) is 11.5. The van der Waals surface area contributed by atoms with E-state index in [1.165, 1.54) is 0 Å². The number of aryl methyl sites for hydroxylation is 1. The van der Waals surface area contributed by atoms with Gasteiger partial charge in [-0.1, -0.05) is 11.6 Å². The normalized spacial score (nSPS) is 23.3. The number of aliphatic hydroxyl groups excluding tert-OH is 1. The van der Waals surface area contributed by atoms with Gasteiger partial charge in [0.15, 0.2) is 0 Å². The molecule has 2 atom stereocenters. The summed E-state index contributed by atoms with van der Waals surface area (Å²) in [6.45, 7) is 3.35. The van der Waals surface area contributed by atoms with E-state index < -0.39 is 6.10 Å². The van der Waals surface area contributed by atoms with E-state index in [4.69, 9.17) is 16.3 Å². The fraction of sp³-hybridized carbons (Fsp3) is 0.700. The minimum Gasteiger partial charge on any atom is -0.384 e. The van der Waals surface area contributed by atoms with Crippen LogP contribution in [0.25, 0.3) is 0 Å². The molecule has 4 nitrogen and oxygen atoms in total. The maximum atomic E-state index is 10.2. The van der Waals surface area contributed by atoms with Crippen molar-refractivity contribution in [3.05, 3.63) is 16.9 Å². The number of aromatic nitrogens is 2. The highest BCUT2D eigenvalue weighted by atomic mass is 35.5. The third-order valence-corrected chi connectivity index (χ3v) is 3.92. The van der Waals surface area contributed by atoms with Crippen molar-refractivity contribution in [3.63, 3.8) is 0 Å². The fourth-order valence-corrected chi connectivity index (χ4v) is 2.93. The molecule has 90 valence electrons. The van der Waals surface area contributed by atoms with Gasteiger partial charge < -0.3 is 9.84 Å². The molecule has 1 N–H and O–H groups in total. The predicted octanol–water partition coefficient (Wildman–Crippen LogP) is 1.72. The molecule has 16 heavy (non-hydrogen) atoms. The molecule has 2 unspecified atom stereocenters. The van der Waals surface area contributed by atoms with Crippen LogP contribution in [0.3, 0.4) is 0 Å². The predicted molar refractivity (Wildman–Crippen MR) is 64.9 cm³/mol. The Bertz CT molecular complexity index is 353. The van der Waals surface area contributed by atoms with E-state index in [1.807, 2.05) is 6.92 Å². The van der Waals surface area contributed by atoms with Gasteiger partial charge >= 0.3 is 0 Å². The average molecular weight is 263 g/mol. The van der Waals surface area contributed by atoms with Crippen LogP contribution in [-0.2, 0) is 11.3 Å². The first-order chi connectivity index (χ1) is 7.74. The lowest BCUT2D eigenvalue weighted by Gasteiger charge is -2.27. The zero-order valence-corrected chi connectivity index (χ0v) is 10.7. The first-order valence-corrected chi connectivity index (χ1v) is 6.86. The van der Waals surface area contributed by atoms with Crippen molar-refractivity contribution in [1.29, 1.82) is 0 Å². The van der Waals surface area contributed by atoms with Crippen LogP contribution in [0.2, 0.25) is 5.02 Å². The summed E-state index contributed by atoms with van der Waals surface area (Å²) in [6, 6.07) is 0. The summed E-state index contributed by atoms with van der Waals surface area (Å²) in [6.07, 6.45) is 0.695. The second-order valence-corrected chi connectivity index (χ2v) is 5.18. The molecule has 0 radical (unpaired) electrons. The van der Waals surface area contributed by atoms with Gasteiger partial charge in [-0.3, -0.25) is 4.68 Å². The summed E-state index contributed by atoms with van der Waals surface area (Å²) < 4.78 is 7.27. The lowest BCUT2D eigenvalue weighted by Crippen LogP contribution is -2.31. The minimum absolute atomic E-state index is 0.182. The maximum Gasteiger partial charge on any atom is 0.124 e. The van der Waals surface area contributed by atoms with Crippen LogP contribution in [0.4, 0.5) is 0 Å². The molecule has 0 aromatic carbocycles. The highest BCUT2D eigenvalue weighted by Crippen LogP contribution is 2.29. The molecule has 1 aromatic rings. The fourth-order valence-electron chi connectivity index (χ4n) is 1.78. The van der Waals surface area contributed by atoms with Crippen molar-refractivity contribution < 1.29 is 9.84 Å². The molecule has 1 aliphatic heterocycles. The van der Waals surface area contributed by atoms with E-state index >= 15 is 0 Å². The summed E-state index contributed by atoms with van der Waals surface area (Å²) in [5, 5.41) is 14.9. The van der Waals surface area contributed by atoms with Crippen LogP contribution in [0.5, 0.6) is 0 Å². The van der Waals surface area contributed by atoms with Gasteiger partial charge in [-0.2, -0.15) is 16.9 Å². The molecule has 0 bridgehead atoms. The molecule has 2 rings (SSSR count). The third kappa shape index (κ3) is 2.37. The van der Waals surface area contributed by atoms with Gasteiger partial charge in [0.1, 0.15) is 6.10 Å². The molecule has 1 saturated heterocycles. The van der Waals surface area contributed by atoms with Crippen LogP contribution in [0, 0.1) is 0 Å². The monoisotopic (exact) mass is 262 g/mol. The van der Waals surface area contributed by atoms with E-state index in [-0.39, 0.29) is 6.10 Å². The highest BCUT2D eigenvalue weighted by Gasteiger charge is 2.28. The van der Waals surface area contributed by atoms with Crippen LogP contribution >= 0.6 is 23.4 Å². The Morgan fingerprint density at radius 2 is 2.62 bits per heavy atom.